The van der Waals surface area contributed by atoms with Gasteiger partial charge in [-0.25, -0.2) is 0 Å². The van der Waals surface area contributed by atoms with Crippen LogP contribution in [0, 0.1) is 13.8 Å². The molecule has 0 aliphatic carbocycles. The Labute approximate surface area is 303 Å². The Morgan fingerprint density at radius 3 is 1.08 bits per heavy atom. The maximum atomic E-state index is 2.37. The summed E-state index contributed by atoms with van der Waals surface area (Å²) in [4.78, 5) is 0. The lowest BCUT2D eigenvalue weighted by atomic mass is 9.92. The predicted molar refractivity (Wildman–Crippen MR) is 221 cm³/mol. The largest absolute Gasteiger partial charge is 0.309 e. The van der Waals surface area contributed by atoms with Crippen LogP contribution in [0.1, 0.15) is 11.1 Å². The number of nitrogens with zero attached hydrogens (tertiary/aromatic N) is 2. The van der Waals surface area contributed by atoms with Gasteiger partial charge in [-0.05, 0) is 119 Å². The minimum atomic E-state index is 1.18. The van der Waals surface area contributed by atoms with Crippen molar-refractivity contribution in [2.45, 2.75) is 13.8 Å². The van der Waals surface area contributed by atoms with Gasteiger partial charge in [-0.2, -0.15) is 0 Å². The van der Waals surface area contributed by atoms with E-state index in [9.17, 15) is 0 Å². The Morgan fingerprint density at radius 1 is 0.288 bits per heavy atom. The van der Waals surface area contributed by atoms with Crippen molar-refractivity contribution in [3.8, 4) is 44.8 Å². The zero-order valence-electron chi connectivity index (χ0n) is 29.2. The maximum absolute atomic E-state index is 2.37. The van der Waals surface area contributed by atoms with E-state index in [1.165, 1.54) is 99.5 Å². The number of benzene rings is 8. The molecule has 8 aromatic carbocycles. The molecule has 0 amide bonds. The second-order valence-electron chi connectivity index (χ2n) is 13.9. The quantitative estimate of drug-likeness (QED) is 0.173. The Bertz CT molecular complexity index is 2760. The minimum absolute atomic E-state index is 1.18. The van der Waals surface area contributed by atoms with E-state index in [-0.39, 0.29) is 0 Å². The van der Waals surface area contributed by atoms with Crippen molar-refractivity contribution in [3.05, 3.63) is 193 Å². The van der Waals surface area contributed by atoms with E-state index in [2.05, 4.69) is 205 Å². The molecule has 0 spiro atoms. The van der Waals surface area contributed by atoms with Gasteiger partial charge < -0.3 is 9.13 Å². The SMILES string of the molecule is Cc1cc(-c2ccc(-c3ccc4c(c3)c3ccccc3n4-c3ccccc3)c(C)c2)ccc1-c1ccc2c(c1)c1ccccc1n2-c1ccccc1. The minimum Gasteiger partial charge on any atom is -0.309 e. The molecule has 0 atom stereocenters. The molecule has 0 aliphatic heterocycles. The number of para-hydroxylation sites is 4. The molecular formula is C50H36N2. The van der Waals surface area contributed by atoms with Crippen LogP contribution in [0.3, 0.4) is 0 Å². The molecule has 0 aliphatic rings. The van der Waals surface area contributed by atoms with Gasteiger partial charge in [0, 0.05) is 32.9 Å². The Kier molecular flexibility index (Phi) is 6.97. The third-order valence-electron chi connectivity index (χ3n) is 10.8. The van der Waals surface area contributed by atoms with E-state index in [4.69, 9.17) is 0 Å². The fourth-order valence-electron chi connectivity index (χ4n) is 8.33. The molecule has 2 nitrogen and oxygen atoms in total. The molecule has 2 aromatic heterocycles. The van der Waals surface area contributed by atoms with Gasteiger partial charge in [0.1, 0.15) is 0 Å². The summed E-state index contributed by atoms with van der Waals surface area (Å²) < 4.78 is 4.74. The summed E-state index contributed by atoms with van der Waals surface area (Å²) in [6.45, 7) is 4.47. The van der Waals surface area contributed by atoms with Crippen LogP contribution >= 0.6 is 0 Å². The first-order chi connectivity index (χ1) is 25.6. The van der Waals surface area contributed by atoms with Crippen LogP contribution in [0.15, 0.2) is 182 Å². The Morgan fingerprint density at radius 2 is 0.654 bits per heavy atom. The molecule has 0 N–H and O–H groups in total. The van der Waals surface area contributed by atoms with Crippen LogP contribution < -0.4 is 0 Å². The molecule has 10 aromatic rings. The van der Waals surface area contributed by atoms with Crippen molar-refractivity contribution in [1.82, 2.24) is 9.13 Å². The lowest BCUT2D eigenvalue weighted by molar-refractivity contribution is 1.18. The lowest BCUT2D eigenvalue weighted by Crippen LogP contribution is -1.93. The first kappa shape index (κ1) is 30.2. The molecule has 246 valence electrons. The van der Waals surface area contributed by atoms with E-state index in [1.807, 2.05) is 0 Å². The molecule has 0 fully saturated rings. The summed E-state index contributed by atoms with van der Waals surface area (Å²) >= 11 is 0. The highest BCUT2D eigenvalue weighted by Crippen LogP contribution is 2.39. The third kappa shape index (κ3) is 4.80. The molecule has 52 heavy (non-hydrogen) atoms. The summed E-state index contributed by atoms with van der Waals surface area (Å²) in [6.07, 6.45) is 0. The van der Waals surface area contributed by atoms with Crippen molar-refractivity contribution in [2.24, 2.45) is 0 Å². The fourth-order valence-corrected chi connectivity index (χ4v) is 8.33. The van der Waals surface area contributed by atoms with Crippen LogP contribution in [-0.2, 0) is 0 Å². The zero-order chi connectivity index (χ0) is 34.8. The summed E-state index contributed by atoms with van der Waals surface area (Å²) in [5, 5.41) is 5.09. The van der Waals surface area contributed by atoms with Gasteiger partial charge in [0.2, 0.25) is 0 Å². The van der Waals surface area contributed by atoms with Crippen LogP contribution in [-0.4, -0.2) is 9.13 Å². The first-order valence-corrected chi connectivity index (χ1v) is 18.0. The number of aryl methyl sites for hydroxylation is 2. The smallest absolute Gasteiger partial charge is 0.0541 e. The fraction of sp³-hybridized carbons (Fsp3) is 0.0400. The molecule has 0 unspecified atom stereocenters. The van der Waals surface area contributed by atoms with E-state index in [0.29, 0.717) is 0 Å². The number of rotatable bonds is 5. The molecule has 2 heterocycles. The van der Waals surface area contributed by atoms with Crippen LogP contribution in [0.5, 0.6) is 0 Å². The van der Waals surface area contributed by atoms with Gasteiger partial charge in [-0.1, -0.05) is 121 Å². The number of aromatic nitrogens is 2. The molecule has 0 radical (unpaired) electrons. The van der Waals surface area contributed by atoms with Crippen LogP contribution in [0.2, 0.25) is 0 Å². The maximum Gasteiger partial charge on any atom is 0.0541 e. The molecule has 2 heteroatoms. The first-order valence-electron chi connectivity index (χ1n) is 18.0. The number of hydrogen-bond donors (Lipinski definition) is 0. The van der Waals surface area contributed by atoms with Crippen molar-refractivity contribution < 1.29 is 0 Å². The molecular weight excluding hydrogens is 629 g/mol. The topological polar surface area (TPSA) is 9.86 Å². The second-order valence-corrected chi connectivity index (χ2v) is 13.9. The standard InChI is InChI=1S/C50H36N2/c1-33-29-35(21-25-41(33)37-23-27-49-45(31-37)43-17-9-11-19-47(43)51(49)39-13-5-3-6-14-39)36-22-26-42(34(2)30-36)38-24-28-50-46(32-38)44-18-10-12-20-48(44)52(50)40-15-7-4-8-16-40/h3-32H,1-2H3. The second kappa shape index (κ2) is 12.0. The Balaban J connectivity index is 1.00. The Hall–Kier alpha value is -6.64. The predicted octanol–water partition coefficient (Wildman–Crippen LogP) is 13.5. The van der Waals surface area contributed by atoms with E-state index >= 15 is 0 Å². The highest BCUT2D eigenvalue weighted by molar-refractivity contribution is 6.11. The van der Waals surface area contributed by atoms with Crippen molar-refractivity contribution in [1.29, 1.82) is 0 Å². The summed E-state index contributed by atoms with van der Waals surface area (Å²) in [5.74, 6) is 0. The third-order valence-corrected chi connectivity index (χ3v) is 10.8. The highest BCUT2D eigenvalue weighted by atomic mass is 15.0. The number of hydrogen-bond acceptors (Lipinski definition) is 0. The zero-order valence-corrected chi connectivity index (χ0v) is 29.2. The van der Waals surface area contributed by atoms with Gasteiger partial charge in [0.05, 0.1) is 22.1 Å². The van der Waals surface area contributed by atoms with Crippen molar-refractivity contribution >= 4 is 43.6 Å². The van der Waals surface area contributed by atoms with E-state index in [1.54, 1.807) is 0 Å². The van der Waals surface area contributed by atoms with Crippen LogP contribution in [0.25, 0.3) is 88.4 Å². The lowest BCUT2D eigenvalue weighted by Gasteiger charge is -2.13. The van der Waals surface area contributed by atoms with Crippen LogP contribution in [0.4, 0.5) is 0 Å². The molecule has 0 bridgehead atoms. The normalized spacial score (nSPS) is 11.7. The molecule has 0 saturated heterocycles. The van der Waals surface area contributed by atoms with Gasteiger partial charge in [-0.15, -0.1) is 0 Å². The number of fused-ring (bicyclic) bond motifs is 6. The van der Waals surface area contributed by atoms with Gasteiger partial charge >= 0.3 is 0 Å². The highest BCUT2D eigenvalue weighted by Gasteiger charge is 2.16. The van der Waals surface area contributed by atoms with Crippen molar-refractivity contribution in [2.75, 3.05) is 0 Å². The average Bonchev–Trinajstić information content (AvgIpc) is 3.71. The van der Waals surface area contributed by atoms with Crippen molar-refractivity contribution in [3.63, 3.8) is 0 Å². The summed E-state index contributed by atoms with van der Waals surface area (Å²) in [6, 6.07) is 66.4. The van der Waals surface area contributed by atoms with Gasteiger partial charge in [0.15, 0.2) is 0 Å². The molecule has 0 saturated carbocycles. The summed E-state index contributed by atoms with van der Waals surface area (Å²) in [7, 11) is 0. The monoisotopic (exact) mass is 664 g/mol. The van der Waals surface area contributed by atoms with Gasteiger partial charge in [-0.3, -0.25) is 0 Å². The van der Waals surface area contributed by atoms with E-state index in [0.717, 1.165) is 0 Å². The average molecular weight is 665 g/mol. The molecule has 10 rings (SSSR count). The van der Waals surface area contributed by atoms with E-state index < -0.39 is 0 Å². The van der Waals surface area contributed by atoms with Gasteiger partial charge in [0.25, 0.3) is 0 Å². The summed E-state index contributed by atoms with van der Waals surface area (Å²) in [5.41, 5.74) is 17.3.